The van der Waals surface area contributed by atoms with Crippen LogP contribution in [0.25, 0.3) is 5.69 Å². The van der Waals surface area contributed by atoms with Gasteiger partial charge in [0.05, 0.1) is 24.4 Å². The Hall–Kier alpha value is -2.81. The number of ether oxygens (including phenoxy) is 1. The van der Waals surface area contributed by atoms with Crippen LogP contribution < -0.4 is 5.56 Å². The summed E-state index contributed by atoms with van der Waals surface area (Å²) in [5, 5.41) is 11.4. The molecule has 0 aliphatic rings. The Balaban J connectivity index is 2.51. The number of methoxy groups -OCH3 is 1. The van der Waals surface area contributed by atoms with Crippen LogP contribution in [0.15, 0.2) is 35.1 Å². The first-order chi connectivity index (χ1) is 8.65. The monoisotopic (exact) mass is 243 g/mol. The van der Waals surface area contributed by atoms with Gasteiger partial charge >= 0.3 is 5.97 Å². The van der Waals surface area contributed by atoms with Crippen molar-refractivity contribution in [2.75, 3.05) is 7.11 Å². The van der Waals surface area contributed by atoms with Crippen LogP contribution in [0.5, 0.6) is 0 Å². The molecule has 6 nitrogen and oxygen atoms in total. The summed E-state index contributed by atoms with van der Waals surface area (Å²) in [6, 6.07) is 9.59. The molecule has 90 valence electrons. The zero-order valence-corrected chi connectivity index (χ0v) is 9.51. The van der Waals surface area contributed by atoms with Crippen molar-refractivity contribution in [2.45, 2.75) is 0 Å². The summed E-state index contributed by atoms with van der Waals surface area (Å²) in [4.78, 5) is 23.0. The molecule has 0 radical (unpaired) electrons. The molecule has 0 amide bonds. The van der Waals surface area contributed by atoms with E-state index in [1.165, 1.54) is 11.8 Å². The summed E-state index contributed by atoms with van der Waals surface area (Å²) < 4.78 is 5.68. The predicted molar refractivity (Wildman–Crippen MR) is 62.4 cm³/mol. The maximum atomic E-state index is 11.7. The van der Waals surface area contributed by atoms with E-state index in [1.807, 2.05) is 6.07 Å². The van der Waals surface area contributed by atoms with Gasteiger partial charge in [0.15, 0.2) is 0 Å². The molecule has 1 aromatic carbocycles. The Bertz CT molecular complexity index is 691. The second kappa shape index (κ2) is 4.59. The first-order valence-corrected chi connectivity index (χ1v) is 5.06. The lowest BCUT2D eigenvalue weighted by Gasteiger charge is -2.01. The smallest absolute Gasteiger partial charge is 0.356 e. The molecule has 0 unspecified atom stereocenters. The molecule has 0 saturated carbocycles. The predicted octanol–water partition coefficient (Wildman–Crippen LogP) is 0.824. The molecule has 1 heterocycles. The second-order valence-corrected chi connectivity index (χ2v) is 3.50. The summed E-state index contributed by atoms with van der Waals surface area (Å²) in [6.45, 7) is 0. The van der Waals surface area contributed by atoms with Crippen molar-refractivity contribution in [1.82, 2.24) is 9.78 Å². The minimum Gasteiger partial charge on any atom is -0.464 e. The number of nitrogens with one attached hydrogen (secondary N) is 1. The Kier molecular flexibility index (Phi) is 2.98. The average molecular weight is 243 g/mol. The fraction of sp³-hybridized carbons (Fsp3) is 0.0833. The van der Waals surface area contributed by atoms with E-state index in [4.69, 9.17) is 5.26 Å². The van der Waals surface area contributed by atoms with E-state index in [9.17, 15) is 9.59 Å². The van der Waals surface area contributed by atoms with Crippen molar-refractivity contribution >= 4 is 5.97 Å². The number of esters is 1. The number of aromatic nitrogens is 2. The minimum absolute atomic E-state index is 0.0601. The minimum atomic E-state index is -0.623. The number of aromatic amines is 1. The first kappa shape index (κ1) is 11.7. The Morgan fingerprint density at radius 3 is 2.89 bits per heavy atom. The summed E-state index contributed by atoms with van der Waals surface area (Å²) in [5.41, 5.74) is 0.568. The molecule has 0 spiro atoms. The van der Waals surface area contributed by atoms with E-state index in [0.29, 0.717) is 11.3 Å². The van der Waals surface area contributed by atoms with Crippen LogP contribution >= 0.6 is 0 Å². The number of carbonyl (C=O) groups excluding carboxylic acids is 1. The molecular weight excluding hydrogens is 234 g/mol. The number of hydrogen-bond donors (Lipinski definition) is 1. The van der Waals surface area contributed by atoms with Crippen molar-refractivity contribution in [1.29, 1.82) is 5.26 Å². The van der Waals surface area contributed by atoms with E-state index in [2.05, 4.69) is 9.84 Å². The molecule has 0 saturated heterocycles. The fourth-order valence-electron chi connectivity index (χ4n) is 1.52. The lowest BCUT2D eigenvalue weighted by Crippen LogP contribution is -2.13. The molecule has 6 heteroatoms. The second-order valence-electron chi connectivity index (χ2n) is 3.50. The maximum absolute atomic E-state index is 11.7. The van der Waals surface area contributed by atoms with Gasteiger partial charge in [0, 0.05) is 6.07 Å². The number of benzene rings is 1. The zero-order valence-electron chi connectivity index (χ0n) is 9.51. The number of nitrogens with zero attached hydrogens (tertiary/aromatic N) is 2. The van der Waals surface area contributed by atoms with Gasteiger partial charge in [0.2, 0.25) is 0 Å². The fourth-order valence-corrected chi connectivity index (χ4v) is 1.52. The molecule has 1 N–H and O–H groups in total. The van der Waals surface area contributed by atoms with Crippen LogP contribution in [0.3, 0.4) is 0 Å². The van der Waals surface area contributed by atoms with Gasteiger partial charge < -0.3 is 4.74 Å². The van der Waals surface area contributed by atoms with Gasteiger partial charge in [-0.3, -0.25) is 9.89 Å². The molecule has 18 heavy (non-hydrogen) atoms. The Labute approximate surface area is 102 Å². The zero-order chi connectivity index (χ0) is 13.1. The summed E-state index contributed by atoms with van der Waals surface area (Å²) in [5.74, 6) is -0.623. The molecular formula is C12H9N3O3. The highest BCUT2D eigenvalue weighted by Gasteiger charge is 2.12. The standard InChI is InChI=1S/C12H9N3O3/c1-18-12(17)10-6-11(16)15(14-10)9-4-2-3-8(5-9)7-13/h2-6,14H,1H3. The van der Waals surface area contributed by atoms with E-state index in [0.717, 1.165) is 6.07 Å². The van der Waals surface area contributed by atoms with Crippen molar-refractivity contribution < 1.29 is 9.53 Å². The van der Waals surface area contributed by atoms with E-state index < -0.39 is 11.5 Å². The van der Waals surface area contributed by atoms with Gasteiger partial charge in [-0.15, -0.1) is 0 Å². The molecule has 2 rings (SSSR count). The highest BCUT2D eigenvalue weighted by atomic mass is 16.5. The topological polar surface area (TPSA) is 87.9 Å². The highest BCUT2D eigenvalue weighted by Crippen LogP contribution is 2.07. The van der Waals surface area contributed by atoms with Crippen LogP contribution in [0.4, 0.5) is 0 Å². The summed E-state index contributed by atoms with van der Waals surface area (Å²) in [6.07, 6.45) is 0. The molecule has 1 aromatic heterocycles. The van der Waals surface area contributed by atoms with Crippen LogP contribution in [-0.4, -0.2) is 22.9 Å². The highest BCUT2D eigenvalue weighted by molar-refractivity contribution is 5.86. The number of rotatable bonds is 2. The van der Waals surface area contributed by atoms with Crippen molar-refractivity contribution in [3.63, 3.8) is 0 Å². The Morgan fingerprint density at radius 2 is 2.22 bits per heavy atom. The molecule has 2 aromatic rings. The van der Waals surface area contributed by atoms with E-state index in [1.54, 1.807) is 24.3 Å². The SMILES string of the molecule is COC(=O)c1cc(=O)n(-c2cccc(C#N)c2)[nH]1. The van der Waals surface area contributed by atoms with Gasteiger partial charge in [0.25, 0.3) is 5.56 Å². The molecule has 0 aliphatic carbocycles. The Morgan fingerprint density at radius 1 is 1.44 bits per heavy atom. The number of H-pyrrole nitrogens is 1. The van der Waals surface area contributed by atoms with Crippen molar-refractivity contribution in [3.8, 4) is 11.8 Å². The van der Waals surface area contributed by atoms with E-state index >= 15 is 0 Å². The van der Waals surface area contributed by atoms with Gasteiger partial charge in [-0.25, -0.2) is 9.48 Å². The molecule has 0 aliphatic heterocycles. The van der Waals surface area contributed by atoms with Gasteiger partial charge in [-0.2, -0.15) is 5.26 Å². The van der Waals surface area contributed by atoms with Crippen LogP contribution in [0.1, 0.15) is 16.1 Å². The van der Waals surface area contributed by atoms with Gasteiger partial charge in [-0.05, 0) is 18.2 Å². The molecule has 0 bridgehead atoms. The van der Waals surface area contributed by atoms with E-state index in [-0.39, 0.29) is 5.69 Å². The maximum Gasteiger partial charge on any atom is 0.356 e. The number of nitriles is 1. The quantitative estimate of drug-likeness (QED) is 0.791. The third kappa shape index (κ3) is 2.01. The normalized spacial score (nSPS) is 9.78. The van der Waals surface area contributed by atoms with Crippen molar-refractivity contribution in [3.05, 3.63) is 51.9 Å². The van der Waals surface area contributed by atoms with Crippen LogP contribution in [0, 0.1) is 11.3 Å². The summed E-state index contributed by atoms with van der Waals surface area (Å²) in [7, 11) is 1.23. The molecule has 0 fully saturated rings. The first-order valence-electron chi connectivity index (χ1n) is 5.06. The van der Waals surface area contributed by atoms with Crippen LogP contribution in [-0.2, 0) is 4.74 Å². The number of carbonyl (C=O) groups is 1. The third-order valence-electron chi connectivity index (χ3n) is 2.36. The lowest BCUT2D eigenvalue weighted by molar-refractivity contribution is 0.0593. The molecule has 0 atom stereocenters. The average Bonchev–Trinajstić information content (AvgIpc) is 2.80. The summed E-state index contributed by atoms with van der Waals surface area (Å²) >= 11 is 0. The number of hydrogen-bond acceptors (Lipinski definition) is 4. The van der Waals surface area contributed by atoms with Gasteiger partial charge in [-0.1, -0.05) is 6.07 Å². The lowest BCUT2D eigenvalue weighted by atomic mass is 10.2. The van der Waals surface area contributed by atoms with Gasteiger partial charge in [0.1, 0.15) is 5.69 Å². The van der Waals surface area contributed by atoms with Crippen LogP contribution in [0.2, 0.25) is 0 Å². The van der Waals surface area contributed by atoms with Crippen molar-refractivity contribution in [2.24, 2.45) is 0 Å². The largest absolute Gasteiger partial charge is 0.464 e. The third-order valence-corrected chi connectivity index (χ3v) is 2.36.